The number of carbonyl (C=O) groups excluding carboxylic acids is 3. The fourth-order valence-electron chi connectivity index (χ4n) is 2.76. The van der Waals surface area contributed by atoms with E-state index in [1.807, 2.05) is 0 Å². The van der Waals surface area contributed by atoms with Crippen LogP contribution in [0.5, 0.6) is 0 Å². The number of carbonyl (C=O) groups is 3. The molecular weight excluding hydrogens is 328 g/mol. The number of esters is 3. The number of hydrogen-bond acceptors (Lipinski definition) is 7. The first-order valence-electron chi connectivity index (χ1n) is 8.50. The molecule has 4 atom stereocenters. The Hall–Kier alpha value is -1.63. The molecule has 0 aliphatic heterocycles. The molecule has 1 aliphatic rings. The average molecular weight is 358 g/mol. The Labute approximate surface area is 149 Å². The van der Waals surface area contributed by atoms with Crippen LogP contribution in [0.4, 0.5) is 0 Å². The monoisotopic (exact) mass is 358 g/mol. The van der Waals surface area contributed by atoms with Gasteiger partial charge in [0.05, 0.1) is 17.9 Å². The fraction of sp³-hybridized carbons (Fsp3) is 0.833. The van der Waals surface area contributed by atoms with Gasteiger partial charge in [-0.2, -0.15) is 0 Å². The summed E-state index contributed by atoms with van der Waals surface area (Å²) in [7, 11) is 0. The second-order valence-electron chi connectivity index (χ2n) is 8.47. The molecule has 0 bridgehead atoms. The molecule has 0 heterocycles. The van der Waals surface area contributed by atoms with Gasteiger partial charge in [0.1, 0.15) is 17.3 Å². The lowest BCUT2D eigenvalue weighted by Gasteiger charge is -2.38. The highest BCUT2D eigenvalue weighted by Gasteiger charge is 2.47. The van der Waals surface area contributed by atoms with Gasteiger partial charge in [0.2, 0.25) is 0 Å². The van der Waals surface area contributed by atoms with Crippen LogP contribution >= 0.6 is 0 Å². The third kappa shape index (κ3) is 7.02. The Kier molecular flexibility index (Phi) is 6.61. The largest absolute Gasteiger partial charge is 0.460 e. The molecule has 144 valence electrons. The molecule has 1 rings (SSSR count). The minimum absolute atomic E-state index is 0.0135. The smallest absolute Gasteiger partial charge is 0.310 e. The van der Waals surface area contributed by atoms with E-state index in [1.54, 1.807) is 41.5 Å². The van der Waals surface area contributed by atoms with Crippen LogP contribution in [0.25, 0.3) is 0 Å². The minimum Gasteiger partial charge on any atom is -0.460 e. The maximum Gasteiger partial charge on any atom is 0.310 e. The van der Waals surface area contributed by atoms with E-state index in [9.17, 15) is 19.5 Å². The van der Waals surface area contributed by atoms with Crippen molar-refractivity contribution in [1.82, 2.24) is 0 Å². The van der Waals surface area contributed by atoms with Gasteiger partial charge >= 0.3 is 17.9 Å². The van der Waals surface area contributed by atoms with Crippen LogP contribution in [0.3, 0.4) is 0 Å². The van der Waals surface area contributed by atoms with Gasteiger partial charge in [-0.05, 0) is 48.0 Å². The van der Waals surface area contributed by atoms with E-state index in [4.69, 9.17) is 14.2 Å². The van der Waals surface area contributed by atoms with Crippen molar-refractivity contribution in [2.45, 2.75) is 84.7 Å². The summed E-state index contributed by atoms with van der Waals surface area (Å²) in [6, 6.07) is 0. The summed E-state index contributed by atoms with van der Waals surface area (Å²) >= 11 is 0. The number of ether oxygens (including phenoxy) is 3. The van der Waals surface area contributed by atoms with Crippen LogP contribution < -0.4 is 0 Å². The first-order valence-corrected chi connectivity index (χ1v) is 8.50. The molecule has 0 radical (unpaired) electrons. The molecule has 0 saturated heterocycles. The standard InChI is InChI=1S/C18H30O7/c1-10(19)23-14-9-12(16(22)25-18(5,6)7)11(8-13(14)20)15(21)24-17(2,3)4/h11-14,20H,8-9H2,1-7H3/t11-,12-,13+,14+/m0/s1. The molecule has 0 aromatic heterocycles. The zero-order valence-electron chi connectivity index (χ0n) is 16.1. The van der Waals surface area contributed by atoms with Gasteiger partial charge in [0.25, 0.3) is 0 Å². The van der Waals surface area contributed by atoms with Crippen LogP contribution in [0.2, 0.25) is 0 Å². The van der Waals surface area contributed by atoms with E-state index in [1.165, 1.54) is 6.92 Å². The zero-order chi connectivity index (χ0) is 19.6. The molecule has 0 aromatic carbocycles. The predicted molar refractivity (Wildman–Crippen MR) is 89.5 cm³/mol. The molecular formula is C18H30O7. The summed E-state index contributed by atoms with van der Waals surface area (Å²) in [6.45, 7) is 11.6. The van der Waals surface area contributed by atoms with E-state index in [0.29, 0.717) is 0 Å². The van der Waals surface area contributed by atoms with Gasteiger partial charge in [-0.25, -0.2) is 0 Å². The van der Waals surface area contributed by atoms with E-state index in [0.717, 1.165) is 0 Å². The second-order valence-corrected chi connectivity index (χ2v) is 8.47. The van der Waals surface area contributed by atoms with Crippen molar-refractivity contribution in [1.29, 1.82) is 0 Å². The predicted octanol–water partition coefficient (Wildman–Crippen LogP) is 1.99. The van der Waals surface area contributed by atoms with E-state index >= 15 is 0 Å². The average Bonchev–Trinajstić information content (AvgIpc) is 2.35. The van der Waals surface area contributed by atoms with E-state index < -0.39 is 53.2 Å². The first kappa shape index (κ1) is 21.4. The third-order valence-electron chi connectivity index (χ3n) is 3.63. The van der Waals surface area contributed by atoms with Crippen LogP contribution in [0, 0.1) is 11.8 Å². The maximum atomic E-state index is 12.6. The van der Waals surface area contributed by atoms with Crippen LogP contribution in [-0.2, 0) is 28.6 Å². The van der Waals surface area contributed by atoms with Crippen LogP contribution in [0.1, 0.15) is 61.3 Å². The SMILES string of the molecule is CC(=O)O[C@@H]1C[C@H](C(=O)OC(C)(C)C)[C@@H](C(=O)OC(C)(C)C)C[C@H]1O. The summed E-state index contributed by atoms with van der Waals surface area (Å²) in [4.78, 5) is 36.3. The highest BCUT2D eigenvalue weighted by molar-refractivity contribution is 5.83. The molecule has 1 aliphatic carbocycles. The van der Waals surface area contributed by atoms with Gasteiger partial charge in [0.15, 0.2) is 0 Å². The molecule has 7 nitrogen and oxygen atoms in total. The minimum atomic E-state index is -1.04. The topological polar surface area (TPSA) is 99.1 Å². The molecule has 1 N–H and O–H groups in total. The molecule has 1 saturated carbocycles. The van der Waals surface area contributed by atoms with Crippen molar-refractivity contribution in [3.63, 3.8) is 0 Å². The van der Waals surface area contributed by atoms with Gasteiger partial charge in [-0.15, -0.1) is 0 Å². The number of aliphatic hydroxyl groups is 1. The van der Waals surface area contributed by atoms with Gasteiger partial charge in [-0.3, -0.25) is 14.4 Å². The molecule has 1 fully saturated rings. The zero-order valence-corrected chi connectivity index (χ0v) is 16.1. The normalized spacial score (nSPS) is 27.4. The molecule has 0 amide bonds. The number of aliphatic hydroxyl groups excluding tert-OH is 1. The Morgan fingerprint density at radius 2 is 1.24 bits per heavy atom. The summed E-state index contributed by atoms with van der Waals surface area (Å²) in [5, 5.41) is 10.2. The summed E-state index contributed by atoms with van der Waals surface area (Å²) in [6.07, 6.45) is -1.91. The molecule has 0 aromatic rings. The molecule has 25 heavy (non-hydrogen) atoms. The van der Waals surface area contributed by atoms with E-state index in [-0.39, 0.29) is 12.8 Å². The molecule has 0 unspecified atom stereocenters. The van der Waals surface area contributed by atoms with Crippen molar-refractivity contribution in [3.05, 3.63) is 0 Å². The quantitative estimate of drug-likeness (QED) is 0.608. The Morgan fingerprint density at radius 1 is 0.840 bits per heavy atom. The highest BCUT2D eigenvalue weighted by atomic mass is 16.6. The Morgan fingerprint density at radius 3 is 1.60 bits per heavy atom. The highest BCUT2D eigenvalue weighted by Crippen LogP contribution is 2.35. The van der Waals surface area contributed by atoms with Gasteiger partial charge in [0, 0.05) is 13.3 Å². The lowest BCUT2D eigenvalue weighted by molar-refractivity contribution is -0.185. The van der Waals surface area contributed by atoms with Crippen LogP contribution in [0.15, 0.2) is 0 Å². The van der Waals surface area contributed by atoms with Crippen molar-refractivity contribution < 1.29 is 33.7 Å². The third-order valence-corrected chi connectivity index (χ3v) is 3.63. The van der Waals surface area contributed by atoms with Crippen molar-refractivity contribution in [3.8, 4) is 0 Å². The summed E-state index contributed by atoms with van der Waals surface area (Å²) in [5.41, 5.74) is -1.43. The lowest BCUT2D eigenvalue weighted by Crippen LogP contribution is -2.49. The first-order chi connectivity index (χ1) is 11.2. The number of hydrogen-bond donors (Lipinski definition) is 1. The van der Waals surface area contributed by atoms with Gasteiger partial charge in [-0.1, -0.05) is 0 Å². The lowest BCUT2D eigenvalue weighted by atomic mass is 9.76. The van der Waals surface area contributed by atoms with Crippen molar-refractivity contribution >= 4 is 17.9 Å². The Balaban J connectivity index is 3.03. The fourth-order valence-corrected chi connectivity index (χ4v) is 2.76. The van der Waals surface area contributed by atoms with Crippen LogP contribution in [-0.4, -0.2) is 46.4 Å². The summed E-state index contributed by atoms with van der Waals surface area (Å²) < 4.78 is 15.9. The summed E-state index contributed by atoms with van der Waals surface area (Å²) in [5.74, 6) is -3.38. The van der Waals surface area contributed by atoms with Crippen molar-refractivity contribution in [2.24, 2.45) is 11.8 Å². The van der Waals surface area contributed by atoms with Crippen molar-refractivity contribution in [2.75, 3.05) is 0 Å². The number of rotatable bonds is 3. The molecule has 0 spiro atoms. The Bertz CT molecular complexity index is 512. The maximum absolute atomic E-state index is 12.6. The second kappa shape index (κ2) is 7.72. The molecule has 7 heteroatoms. The van der Waals surface area contributed by atoms with E-state index in [2.05, 4.69) is 0 Å². The van der Waals surface area contributed by atoms with Gasteiger partial charge < -0.3 is 19.3 Å².